The maximum Gasteiger partial charge on any atom is 0.266 e. The molecular formula is C19H22N4O3. The molecule has 7 nitrogen and oxygen atoms in total. The fourth-order valence-corrected chi connectivity index (χ4v) is 3.77. The van der Waals surface area contributed by atoms with Gasteiger partial charge < -0.3 is 23.9 Å². The molecular weight excluding hydrogens is 332 g/mol. The molecule has 3 heterocycles. The van der Waals surface area contributed by atoms with E-state index in [0.717, 1.165) is 56.1 Å². The zero-order chi connectivity index (χ0) is 17.3. The summed E-state index contributed by atoms with van der Waals surface area (Å²) in [6, 6.07) is 5.99. The highest BCUT2D eigenvalue weighted by atomic mass is 16.5. The summed E-state index contributed by atoms with van der Waals surface area (Å²) in [5, 5.41) is 8.55. The minimum atomic E-state index is 0.268. The SMILES string of the molecule is c1cc2oc3c(c2cc1OCc1nc(N2CCNCC2)no1)CCCC3. The first-order valence-electron chi connectivity index (χ1n) is 9.32. The van der Waals surface area contributed by atoms with Crippen LogP contribution in [-0.4, -0.2) is 36.3 Å². The summed E-state index contributed by atoms with van der Waals surface area (Å²) in [5.41, 5.74) is 2.29. The van der Waals surface area contributed by atoms with Crippen molar-refractivity contribution in [3.05, 3.63) is 35.4 Å². The van der Waals surface area contributed by atoms with Gasteiger partial charge in [0.2, 0.25) is 0 Å². The van der Waals surface area contributed by atoms with E-state index >= 15 is 0 Å². The third-order valence-electron chi connectivity index (χ3n) is 5.15. The van der Waals surface area contributed by atoms with Gasteiger partial charge in [-0.25, -0.2) is 0 Å². The molecule has 2 aromatic heterocycles. The zero-order valence-electron chi connectivity index (χ0n) is 14.7. The monoisotopic (exact) mass is 354 g/mol. The summed E-state index contributed by atoms with van der Waals surface area (Å²) in [5.74, 6) is 3.08. The van der Waals surface area contributed by atoms with Gasteiger partial charge in [0.1, 0.15) is 17.1 Å². The summed E-state index contributed by atoms with van der Waals surface area (Å²) < 4.78 is 17.2. The van der Waals surface area contributed by atoms with Crippen molar-refractivity contribution in [2.75, 3.05) is 31.1 Å². The van der Waals surface area contributed by atoms with Crippen LogP contribution in [0.3, 0.4) is 0 Å². The van der Waals surface area contributed by atoms with Crippen LogP contribution in [0.2, 0.25) is 0 Å². The van der Waals surface area contributed by atoms with Gasteiger partial charge in [-0.2, -0.15) is 4.98 Å². The Labute approximate surface area is 151 Å². The fourth-order valence-electron chi connectivity index (χ4n) is 3.77. The van der Waals surface area contributed by atoms with E-state index in [2.05, 4.69) is 26.4 Å². The summed E-state index contributed by atoms with van der Waals surface area (Å²) in [7, 11) is 0. The number of nitrogens with zero attached hydrogens (tertiary/aromatic N) is 3. The van der Waals surface area contributed by atoms with Gasteiger partial charge in [-0.05, 0) is 42.6 Å². The number of fused-ring (bicyclic) bond motifs is 3. The highest BCUT2D eigenvalue weighted by Gasteiger charge is 2.19. The Balaban J connectivity index is 1.30. The fraction of sp³-hybridized carbons (Fsp3) is 0.474. The Morgan fingerprint density at radius 2 is 2.04 bits per heavy atom. The van der Waals surface area contributed by atoms with Crippen LogP contribution in [0.1, 0.15) is 30.1 Å². The van der Waals surface area contributed by atoms with Crippen molar-refractivity contribution in [2.45, 2.75) is 32.3 Å². The average Bonchev–Trinajstić information content (AvgIpc) is 3.31. The second kappa shape index (κ2) is 6.64. The molecule has 1 aromatic carbocycles. The maximum absolute atomic E-state index is 5.97. The van der Waals surface area contributed by atoms with Gasteiger partial charge in [-0.1, -0.05) is 0 Å². The summed E-state index contributed by atoms with van der Waals surface area (Å²) in [6.07, 6.45) is 4.56. The Hall–Kier alpha value is -2.54. The standard InChI is InChI=1S/C19H22N4O3/c1-2-4-16-14(3-1)15-11-13(5-6-17(15)25-16)24-12-18-21-19(22-26-18)23-9-7-20-8-10-23/h5-6,11,20H,1-4,7-10,12H2. The number of nitrogens with one attached hydrogen (secondary N) is 1. The number of benzene rings is 1. The van der Waals surface area contributed by atoms with E-state index in [1.807, 2.05) is 12.1 Å². The highest BCUT2D eigenvalue weighted by molar-refractivity contribution is 5.84. The molecule has 0 bridgehead atoms. The first-order chi connectivity index (χ1) is 12.9. The Bertz CT molecular complexity index is 911. The number of hydrogen-bond donors (Lipinski definition) is 1. The number of anilines is 1. The minimum Gasteiger partial charge on any atom is -0.484 e. The first kappa shape index (κ1) is 15.7. The molecule has 1 aliphatic heterocycles. The number of rotatable bonds is 4. The molecule has 26 heavy (non-hydrogen) atoms. The topological polar surface area (TPSA) is 76.6 Å². The van der Waals surface area contributed by atoms with E-state index in [1.165, 1.54) is 23.8 Å². The lowest BCUT2D eigenvalue weighted by molar-refractivity contribution is 0.243. The molecule has 1 N–H and O–H groups in total. The Kier molecular flexibility index (Phi) is 4.01. The molecule has 5 rings (SSSR count). The molecule has 1 aliphatic carbocycles. The van der Waals surface area contributed by atoms with Gasteiger partial charge in [0, 0.05) is 43.5 Å². The van der Waals surface area contributed by atoms with E-state index in [1.54, 1.807) is 0 Å². The third-order valence-corrected chi connectivity index (χ3v) is 5.15. The summed E-state index contributed by atoms with van der Waals surface area (Å²) >= 11 is 0. The van der Waals surface area contributed by atoms with Crippen molar-refractivity contribution in [1.82, 2.24) is 15.5 Å². The van der Waals surface area contributed by atoms with Crippen LogP contribution in [0.4, 0.5) is 5.95 Å². The van der Waals surface area contributed by atoms with Crippen LogP contribution in [0.5, 0.6) is 5.75 Å². The van der Waals surface area contributed by atoms with Crippen LogP contribution >= 0.6 is 0 Å². The molecule has 1 fully saturated rings. The van der Waals surface area contributed by atoms with Crippen LogP contribution in [-0.2, 0) is 19.4 Å². The molecule has 0 unspecified atom stereocenters. The molecule has 1 saturated heterocycles. The predicted octanol–water partition coefficient (Wildman–Crippen LogP) is 2.68. The van der Waals surface area contributed by atoms with Gasteiger partial charge >= 0.3 is 0 Å². The minimum absolute atomic E-state index is 0.268. The number of aromatic nitrogens is 2. The number of furan rings is 1. The summed E-state index contributed by atoms with van der Waals surface area (Å²) in [6.45, 7) is 3.93. The molecule has 0 spiro atoms. The average molecular weight is 354 g/mol. The summed E-state index contributed by atoms with van der Waals surface area (Å²) in [4.78, 5) is 6.57. The molecule has 3 aromatic rings. The first-order valence-corrected chi connectivity index (χ1v) is 9.32. The largest absolute Gasteiger partial charge is 0.484 e. The molecule has 0 saturated carbocycles. The van der Waals surface area contributed by atoms with Gasteiger partial charge in [0.15, 0.2) is 6.61 Å². The van der Waals surface area contributed by atoms with Crippen molar-refractivity contribution < 1.29 is 13.7 Å². The normalized spacial score (nSPS) is 17.5. The Morgan fingerprint density at radius 3 is 2.96 bits per heavy atom. The number of ether oxygens (including phenoxy) is 1. The molecule has 0 atom stereocenters. The second-order valence-corrected chi connectivity index (χ2v) is 6.88. The number of piperazine rings is 1. The van der Waals surface area contributed by atoms with Crippen LogP contribution in [0, 0.1) is 0 Å². The van der Waals surface area contributed by atoms with Gasteiger partial charge in [0.05, 0.1) is 0 Å². The van der Waals surface area contributed by atoms with Crippen molar-refractivity contribution in [2.24, 2.45) is 0 Å². The van der Waals surface area contributed by atoms with Crippen molar-refractivity contribution >= 4 is 16.9 Å². The van der Waals surface area contributed by atoms with Gasteiger partial charge in [0.25, 0.3) is 11.8 Å². The zero-order valence-corrected chi connectivity index (χ0v) is 14.7. The molecule has 0 radical (unpaired) electrons. The number of hydrogen-bond acceptors (Lipinski definition) is 7. The van der Waals surface area contributed by atoms with Crippen LogP contribution in [0.25, 0.3) is 11.0 Å². The van der Waals surface area contributed by atoms with Crippen molar-refractivity contribution in [3.8, 4) is 5.75 Å². The molecule has 7 heteroatoms. The lowest BCUT2D eigenvalue weighted by Gasteiger charge is -2.25. The lowest BCUT2D eigenvalue weighted by Crippen LogP contribution is -2.44. The maximum atomic E-state index is 5.97. The third kappa shape index (κ3) is 2.92. The van der Waals surface area contributed by atoms with E-state index in [0.29, 0.717) is 11.8 Å². The van der Waals surface area contributed by atoms with Crippen molar-refractivity contribution in [3.63, 3.8) is 0 Å². The van der Waals surface area contributed by atoms with Crippen molar-refractivity contribution in [1.29, 1.82) is 0 Å². The van der Waals surface area contributed by atoms with Gasteiger partial charge in [-0.15, -0.1) is 0 Å². The molecule has 2 aliphatic rings. The van der Waals surface area contributed by atoms with Gasteiger partial charge in [-0.3, -0.25) is 0 Å². The number of aryl methyl sites for hydroxylation is 2. The second-order valence-electron chi connectivity index (χ2n) is 6.88. The Morgan fingerprint density at radius 1 is 1.15 bits per heavy atom. The van der Waals surface area contributed by atoms with E-state index in [4.69, 9.17) is 13.7 Å². The predicted molar refractivity (Wildman–Crippen MR) is 96.6 cm³/mol. The molecule has 0 amide bonds. The highest BCUT2D eigenvalue weighted by Crippen LogP contribution is 2.34. The smallest absolute Gasteiger partial charge is 0.266 e. The van der Waals surface area contributed by atoms with E-state index in [9.17, 15) is 0 Å². The van der Waals surface area contributed by atoms with E-state index in [-0.39, 0.29) is 6.61 Å². The quantitative estimate of drug-likeness (QED) is 0.772. The molecule has 136 valence electrons. The lowest BCUT2D eigenvalue weighted by atomic mass is 9.96. The van der Waals surface area contributed by atoms with Crippen LogP contribution < -0.4 is 15.0 Å². The van der Waals surface area contributed by atoms with E-state index < -0.39 is 0 Å². The van der Waals surface area contributed by atoms with Crippen LogP contribution in [0.15, 0.2) is 27.1 Å².